The minimum atomic E-state index is -0.565. The highest BCUT2D eigenvalue weighted by atomic mass is 35.5. The predicted octanol–water partition coefficient (Wildman–Crippen LogP) is 5.25. The molecular weight excluding hydrogens is 376 g/mol. The second-order valence-corrected chi connectivity index (χ2v) is 7.17. The summed E-state index contributed by atoms with van der Waals surface area (Å²) in [6, 6.07) is 7.95. The third-order valence-electron chi connectivity index (χ3n) is 4.79. The molecule has 0 saturated heterocycles. The molecule has 6 heteroatoms. The maximum atomic E-state index is 12.1. The number of aryl methyl sites for hydroxylation is 2. The van der Waals surface area contributed by atoms with Gasteiger partial charge in [-0.3, -0.25) is 0 Å². The highest BCUT2D eigenvalue weighted by Gasteiger charge is 2.28. The van der Waals surface area contributed by atoms with Gasteiger partial charge in [-0.25, -0.2) is 9.79 Å². The zero-order valence-corrected chi connectivity index (χ0v) is 17.4. The molecule has 0 aliphatic carbocycles. The molecule has 146 valence electrons. The molecule has 0 atom stereocenters. The summed E-state index contributed by atoms with van der Waals surface area (Å²) in [5.74, 6) is -0.719. The number of hydrogen-bond donors (Lipinski definition) is 1. The zero-order valence-electron chi connectivity index (χ0n) is 16.6. The molecule has 1 N–H and O–H groups in total. The molecule has 2 aromatic rings. The third kappa shape index (κ3) is 3.50. The number of aliphatic hydroxyl groups excluding tert-OH is 1. The Bertz CT molecular complexity index is 1060. The standard InChI is InChI=1S/C22H23ClN2O3/c1-6-28-22(27)20-14(4)24-19(21(20)26)10-16-9-13(3)25(15(16)5)17-8-7-12(2)18(23)11-17/h7-11,26H,6H2,1-5H3/b19-10+. The van der Waals surface area contributed by atoms with Crippen molar-refractivity contribution in [3.8, 4) is 5.69 Å². The summed E-state index contributed by atoms with van der Waals surface area (Å²) in [6.45, 7) is 9.61. The summed E-state index contributed by atoms with van der Waals surface area (Å²) in [6.07, 6.45) is 1.78. The molecule has 3 rings (SSSR count). The van der Waals surface area contributed by atoms with Crippen LogP contribution in [0.15, 0.2) is 46.3 Å². The first-order chi connectivity index (χ1) is 13.2. The van der Waals surface area contributed by atoms with Crippen molar-refractivity contribution in [3.05, 3.63) is 68.8 Å². The van der Waals surface area contributed by atoms with Crippen molar-refractivity contribution in [2.24, 2.45) is 4.99 Å². The number of esters is 1. The van der Waals surface area contributed by atoms with E-state index in [4.69, 9.17) is 16.3 Å². The molecule has 28 heavy (non-hydrogen) atoms. The lowest BCUT2D eigenvalue weighted by Crippen LogP contribution is -2.13. The third-order valence-corrected chi connectivity index (χ3v) is 5.19. The largest absolute Gasteiger partial charge is 0.505 e. The van der Waals surface area contributed by atoms with Crippen LogP contribution in [0, 0.1) is 20.8 Å². The van der Waals surface area contributed by atoms with Crippen molar-refractivity contribution < 1.29 is 14.6 Å². The van der Waals surface area contributed by atoms with Crippen LogP contribution in [0.2, 0.25) is 5.02 Å². The number of nitrogens with zero attached hydrogens (tertiary/aromatic N) is 2. The molecule has 1 aliphatic rings. The van der Waals surface area contributed by atoms with E-state index in [1.807, 2.05) is 45.0 Å². The lowest BCUT2D eigenvalue weighted by Gasteiger charge is -2.11. The van der Waals surface area contributed by atoms with Gasteiger partial charge in [0.05, 0.1) is 12.3 Å². The molecule has 2 heterocycles. The predicted molar refractivity (Wildman–Crippen MR) is 112 cm³/mol. The van der Waals surface area contributed by atoms with Crippen LogP contribution in [-0.2, 0) is 9.53 Å². The summed E-state index contributed by atoms with van der Waals surface area (Å²) in [4.78, 5) is 16.4. The number of benzene rings is 1. The van der Waals surface area contributed by atoms with Gasteiger partial charge in [0.25, 0.3) is 0 Å². The minimum absolute atomic E-state index is 0.118. The van der Waals surface area contributed by atoms with Crippen LogP contribution in [0.3, 0.4) is 0 Å². The van der Waals surface area contributed by atoms with E-state index in [1.165, 1.54) is 0 Å². The van der Waals surface area contributed by atoms with Gasteiger partial charge >= 0.3 is 5.97 Å². The van der Waals surface area contributed by atoms with E-state index in [0.29, 0.717) is 16.4 Å². The normalized spacial score (nSPS) is 15.4. The van der Waals surface area contributed by atoms with Crippen LogP contribution in [0.4, 0.5) is 0 Å². The van der Waals surface area contributed by atoms with E-state index in [-0.39, 0.29) is 17.9 Å². The Kier molecular flexibility index (Phi) is 5.47. The van der Waals surface area contributed by atoms with Gasteiger partial charge in [0.1, 0.15) is 11.3 Å². The van der Waals surface area contributed by atoms with Crippen molar-refractivity contribution in [3.63, 3.8) is 0 Å². The molecule has 0 radical (unpaired) electrons. The van der Waals surface area contributed by atoms with Crippen LogP contribution < -0.4 is 0 Å². The quantitative estimate of drug-likeness (QED) is 0.715. The Hall–Kier alpha value is -2.79. The van der Waals surface area contributed by atoms with E-state index >= 15 is 0 Å². The number of aliphatic imine (C=N–C) groups is 1. The number of carbonyl (C=O) groups is 1. The van der Waals surface area contributed by atoms with E-state index in [1.54, 1.807) is 19.9 Å². The van der Waals surface area contributed by atoms with E-state index in [2.05, 4.69) is 9.56 Å². The highest BCUT2D eigenvalue weighted by Crippen LogP contribution is 2.30. The van der Waals surface area contributed by atoms with Gasteiger partial charge < -0.3 is 14.4 Å². The Morgan fingerprint density at radius 3 is 2.61 bits per heavy atom. The van der Waals surface area contributed by atoms with E-state index in [9.17, 15) is 9.90 Å². The van der Waals surface area contributed by atoms with Gasteiger partial charge in [0.2, 0.25) is 0 Å². The van der Waals surface area contributed by atoms with Gasteiger partial charge in [-0.2, -0.15) is 0 Å². The van der Waals surface area contributed by atoms with Crippen molar-refractivity contribution in [1.82, 2.24) is 4.57 Å². The summed E-state index contributed by atoms with van der Waals surface area (Å²) in [5, 5.41) is 11.2. The van der Waals surface area contributed by atoms with Crippen LogP contribution >= 0.6 is 11.6 Å². The summed E-state index contributed by atoms with van der Waals surface area (Å²) in [5.41, 5.74) is 5.81. The first kappa shape index (κ1) is 20.0. The topological polar surface area (TPSA) is 63.8 Å². The minimum Gasteiger partial charge on any atom is -0.505 e. The molecule has 0 spiro atoms. The van der Waals surface area contributed by atoms with Crippen LogP contribution in [-0.4, -0.2) is 28.0 Å². The van der Waals surface area contributed by atoms with Gasteiger partial charge in [-0.1, -0.05) is 17.7 Å². The summed E-state index contributed by atoms with van der Waals surface area (Å²) in [7, 11) is 0. The average Bonchev–Trinajstić information content (AvgIpc) is 3.06. The lowest BCUT2D eigenvalue weighted by atomic mass is 10.1. The second kappa shape index (κ2) is 7.68. The Morgan fingerprint density at radius 1 is 1.25 bits per heavy atom. The van der Waals surface area contributed by atoms with Gasteiger partial charge in [-0.05, 0) is 70.0 Å². The number of carbonyl (C=O) groups excluding carboxylic acids is 1. The van der Waals surface area contributed by atoms with E-state index in [0.717, 1.165) is 28.2 Å². The monoisotopic (exact) mass is 398 g/mol. The van der Waals surface area contributed by atoms with Crippen LogP contribution in [0.5, 0.6) is 0 Å². The van der Waals surface area contributed by atoms with Gasteiger partial charge in [0.15, 0.2) is 5.76 Å². The van der Waals surface area contributed by atoms with Gasteiger partial charge in [-0.15, -0.1) is 0 Å². The van der Waals surface area contributed by atoms with E-state index < -0.39 is 5.97 Å². The molecule has 0 bridgehead atoms. The SMILES string of the molecule is CCOC(=O)C1=C(O)/C(=C\c2cc(C)n(-c3ccc(C)c(Cl)c3)c2C)N=C1C. The molecule has 1 aliphatic heterocycles. The molecule has 0 amide bonds. The highest BCUT2D eigenvalue weighted by molar-refractivity contribution is 6.31. The number of halogens is 1. The fourth-order valence-electron chi connectivity index (χ4n) is 3.34. The van der Waals surface area contributed by atoms with Crippen molar-refractivity contribution in [1.29, 1.82) is 0 Å². The smallest absolute Gasteiger partial charge is 0.343 e. The Morgan fingerprint density at radius 2 is 1.96 bits per heavy atom. The number of ether oxygens (including phenoxy) is 1. The van der Waals surface area contributed by atoms with Crippen LogP contribution in [0.25, 0.3) is 11.8 Å². The summed E-state index contributed by atoms with van der Waals surface area (Å²) >= 11 is 6.29. The lowest BCUT2D eigenvalue weighted by molar-refractivity contribution is -0.138. The zero-order chi connectivity index (χ0) is 20.6. The average molecular weight is 399 g/mol. The molecule has 1 aromatic carbocycles. The molecule has 0 fully saturated rings. The van der Waals surface area contributed by atoms with Crippen molar-refractivity contribution >= 4 is 29.4 Å². The molecule has 1 aromatic heterocycles. The second-order valence-electron chi connectivity index (χ2n) is 6.77. The molecule has 0 saturated carbocycles. The number of rotatable bonds is 4. The number of aliphatic hydroxyl groups is 1. The first-order valence-corrected chi connectivity index (χ1v) is 9.46. The molecule has 0 unspecified atom stereocenters. The Labute approximate surface area is 169 Å². The molecule has 5 nitrogen and oxygen atoms in total. The van der Waals surface area contributed by atoms with Crippen LogP contribution in [0.1, 0.15) is 36.4 Å². The number of aromatic nitrogens is 1. The molecular formula is C22H23ClN2O3. The summed E-state index contributed by atoms with van der Waals surface area (Å²) < 4.78 is 7.10. The van der Waals surface area contributed by atoms with Crippen molar-refractivity contribution in [2.45, 2.75) is 34.6 Å². The maximum absolute atomic E-state index is 12.1. The van der Waals surface area contributed by atoms with Gasteiger partial charge in [0, 0.05) is 22.1 Å². The first-order valence-electron chi connectivity index (χ1n) is 9.08. The maximum Gasteiger partial charge on any atom is 0.343 e. The fourth-order valence-corrected chi connectivity index (χ4v) is 3.51. The Balaban J connectivity index is 2.05. The van der Waals surface area contributed by atoms with Crippen molar-refractivity contribution in [2.75, 3.05) is 6.61 Å². The number of hydrogen-bond acceptors (Lipinski definition) is 4. The fraction of sp³-hybridized carbons (Fsp3) is 0.273.